The van der Waals surface area contributed by atoms with E-state index in [4.69, 9.17) is 0 Å². The van der Waals surface area contributed by atoms with E-state index in [0.29, 0.717) is 19.4 Å². The SMILES string of the molecule is CC(c1ccc(-n2cncn2)cc1)N(C)C(=O)CCCNc1ccc([N+](=O)[O-])cc1. The Morgan fingerprint density at radius 1 is 1.20 bits per heavy atom. The number of nitrogens with one attached hydrogen (secondary N) is 1. The summed E-state index contributed by atoms with van der Waals surface area (Å²) in [6.45, 7) is 2.61. The molecular weight excluding hydrogens is 384 g/mol. The summed E-state index contributed by atoms with van der Waals surface area (Å²) in [5.74, 6) is 0.0633. The second-order valence-electron chi connectivity index (χ2n) is 6.95. The van der Waals surface area contributed by atoms with E-state index in [9.17, 15) is 14.9 Å². The van der Waals surface area contributed by atoms with Crippen LogP contribution in [0.15, 0.2) is 61.2 Å². The van der Waals surface area contributed by atoms with Crippen LogP contribution in [-0.2, 0) is 4.79 Å². The fourth-order valence-electron chi connectivity index (χ4n) is 3.04. The number of rotatable bonds is 9. The number of benzene rings is 2. The summed E-state index contributed by atoms with van der Waals surface area (Å²) in [7, 11) is 1.81. The second-order valence-corrected chi connectivity index (χ2v) is 6.95. The van der Waals surface area contributed by atoms with Crippen molar-refractivity contribution in [1.29, 1.82) is 0 Å². The minimum absolute atomic E-state index is 0.0510. The first kappa shape index (κ1) is 21.0. The Morgan fingerprint density at radius 2 is 1.90 bits per heavy atom. The van der Waals surface area contributed by atoms with Gasteiger partial charge in [-0.05, 0) is 43.2 Å². The fourth-order valence-corrected chi connectivity index (χ4v) is 3.04. The molecule has 0 bridgehead atoms. The molecule has 3 rings (SSSR count). The standard InChI is InChI=1S/C21H24N6O3/c1-16(17-5-9-19(10-6-17)26-15-22-14-24-26)25(2)21(28)4-3-13-23-18-7-11-20(12-8-18)27(29)30/h5-12,14-16,23H,3-4,13H2,1-2H3. The van der Waals surface area contributed by atoms with Crippen molar-refractivity contribution < 1.29 is 9.72 Å². The van der Waals surface area contributed by atoms with Crippen LogP contribution in [0, 0.1) is 10.1 Å². The molecule has 0 spiro atoms. The molecular formula is C21H24N6O3. The zero-order chi connectivity index (χ0) is 21.5. The van der Waals surface area contributed by atoms with Gasteiger partial charge >= 0.3 is 0 Å². The third-order valence-electron chi connectivity index (χ3n) is 5.01. The summed E-state index contributed by atoms with van der Waals surface area (Å²) < 4.78 is 1.68. The lowest BCUT2D eigenvalue weighted by molar-refractivity contribution is -0.384. The van der Waals surface area contributed by atoms with E-state index in [1.807, 2.05) is 38.2 Å². The normalized spacial score (nSPS) is 11.7. The lowest BCUT2D eigenvalue weighted by Gasteiger charge is -2.25. The van der Waals surface area contributed by atoms with Crippen LogP contribution in [0.5, 0.6) is 0 Å². The summed E-state index contributed by atoms with van der Waals surface area (Å²) >= 11 is 0. The first-order valence-corrected chi connectivity index (χ1v) is 9.64. The third kappa shape index (κ3) is 5.19. The zero-order valence-corrected chi connectivity index (χ0v) is 16.9. The number of aromatic nitrogens is 3. The van der Waals surface area contributed by atoms with E-state index >= 15 is 0 Å². The second kappa shape index (κ2) is 9.64. The van der Waals surface area contributed by atoms with Gasteiger partial charge in [-0.3, -0.25) is 14.9 Å². The lowest BCUT2D eigenvalue weighted by Crippen LogP contribution is -2.29. The minimum atomic E-state index is -0.429. The molecule has 1 amide bonds. The molecule has 0 saturated heterocycles. The summed E-state index contributed by atoms with van der Waals surface area (Å²) in [5, 5.41) is 18.0. The van der Waals surface area contributed by atoms with Gasteiger partial charge in [-0.2, -0.15) is 5.10 Å². The van der Waals surface area contributed by atoms with E-state index in [1.165, 1.54) is 18.5 Å². The van der Waals surface area contributed by atoms with Gasteiger partial charge in [-0.25, -0.2) is 9.67 Å². The Balaban J connectivity index is 1.46. The van der Waals surface area contributed by atoms with Crippen LogP contribution in [0.3, 0.4) is 0 Å². The highest BCUT2D eigenvalue weighted by molar-refractivity contribution is 5.76. The van der Waals surface area contributed by atoms with Gasteiger partial charge in [0.15, 0.2) is 0 Å². The smallest absolute Gasteiger partial charge is 0.269 e. The molecule has 9 heteroatoms. The Labute approximate surface area is 174 Å². The van der Waals surface area contributed by atoms with E-state index in [-0.39, 0.29) is 17.6 Å². The number of carbonyl (C=O) groups excluding carboxylic acids is 1. The van der Waals surface area contributed by atoms with Crippen molar-refractivity contribution in [3.05, 3.63) is 76.9 Å². The van der Waals surface area contributed by atoms with Crippen molar-refractivity contribution in [3.63, 3.8) is 0 Å². The molecule has 0 aliphatic heterocycles. The van der Waals surface area contributed by atoms with Crippen LogP contribution in [0.1, 0.15) is 31.4 Å². The maximum atomic E-state index is 12.5. The van der Waals surface area contributed by atoms with Crippen molar-refractivity contribution in [2.45, 2.75) is 25.8 Å². The van der Waals surface area contributed by atoms with E-state index in [0.717, 1.165) is 16.9 Å². The lowest BCUT2D eigenvalue weighted by atomic mass is 10.1. The van der Waals surface area contributed by atoms with Crippen LogP contribution < -0.4 is 5.32 Å². The van der Waals surface area contributed by atoms with Gasteiger partial charge in [0.2, 0.25) is 5.91 Å². The molecule has 2 aromatic carbocycles. The zero-order valence-electron chi connectivity index (χ0n) is 16.9. The highest BCUT2D eigenvalue weighted by Gasteiger charge is 2.17. The molecule has 0 aliphatic carbocycles. The summed E-state index contributed by atoms with van der Waals surface area (Å²) in [4.78, 5) is 28.5. The Hall–Kier alpha value is -3.75. The van der Waals surface area contributed by atoms with E-state index in [1.54, 1.807) is 28.0 Å². The van der Waals surface area contributed by atoms with Gasteiger partial charge in [-0.1, -0.05) is 12.1 Å². The third-order valence-corrected chi connectivity index (χ3v) is 5.01. The van der Waals surface area contributed by atoms with Gasteiger partial charge < -0.3 is 10.2 Å². The molecule has 1 heterocycles. The van der Waals surface area contributed by atoms with Crippen LogP contribution in [0.4, 0.5) is 11.4 Å². The number of anilines is 1. The first-order chi connectivity index (χ1) is 14.5. The maximum Gasteiger partial charge on any atom is 0.269 e. The predicted octanol–water partition coefficient (Wildman–Crippen LogP) is 3.59. The van der Waals surface area contributed by atoms with Gasteiger partial charge in [0, 0.05) is 37.8 Å². The molecule has 1 aromatic heterocycles. The van der Waals surface area contributed by atoms with Gasteiger partial charge in [0.05, 0.1) is 16.7 Å². The van der Waals surface area contributed by atoms with Crippen molar-refractivity contribution in [3.8, 4) is 5.69 Å². The van der Waals surface area contributed by atoms with Gasteiger partial charge in [0.25, 0.3) is 5.69 Å². The minimum Gasteiger partial charge on any atom is -0.385 e. The molecule has 30 heavy (non-hydrogen) atoms. The number of hydrogen-bond donors (Lipinski definition) is 1. The molecule has 3 aromatic rings. The number of carbonyl (C=O) groups is 1. The predicted molar refractivity (Wildman–Crippen MR) is 113 cm³/mol. The monoisotopic (exact) mass is 408 g/mol. The number of hydrogen-bond acceptors (Lipinski definition) is 6. The summed E-state index contributed by atoms with van der Waals surface area (Å²) in [6.07, 6.45) is 4.20. The Kier molecular flexibility index (Phi) is 6.74. The van der Waals surface area contributed by atoms with Crippen LogP contribution in [0.2, 0.25) is 0 Å². The van der Waals surface area contributed by atoms with Crippen LogP contribution in [-0.4, -0.2) is 44.1 Å². The molecule has 1 unspecified atom stereocenters. The van der Waals surface area contributed by atoms with Crippen molar-refractivity contribution in [2.24, 2.45) is 0 Å². The average Bonchev–Trinajstić information content (AvgIpc) is 3.31. The molecule has 156 valence electrons. The molecule has 1 N–H and O–H groups in total. The topological polar surface area (TPSA) is 106 Å². The molecule has 0 aliphatic rings. The Bertz CT molecular complexity index is 971. The van der Waals surface area contributed by atoms with Gasteiger partial charge in [-0.15, -0.1) is 0 Å². The summed E-state index contributed by atoms with van der Waals surface area (Å²) in [6, 6.07) is 14.1. The molecule has 1 atom stereocenters. The van der Waals surface area contributed by atoms with Crippen LogP contribution in [0.25, 0.3) is 5.69 Å². The number of nitro benzene ring substituents is 1. The number of non-ortho nitro benzene ring substituents is 1. The molecule has 0 fully saturated rings. The van der Waals surface area contributed by atoms with E-state index in [2.05, 4.69) is 15.4 Å². The van der Waals surface area contributed by atoms with Crippen molar-refractivity contribution >= 4 is 17.3 Å². The average molecular weight is 408 g/mol. The van der Waals surface area contributed by atoms with Crippen molar-refractivity contribution in [2.75, 3.05) is 18.9 Å². The quantitative estimate of drug-likeness (QED) is 0.329. The number of nitrogens with zero attached hydrogens (tertiary/aromatic N) is 5. The molecule has 0 saturated carbocycles. The van der Waals surface area contributed by atoms with E-state index < -0.39 is 4.92 Å². The first-order valence-electron chi connectivity index (χ1n) is 9.64. The summed E-state index contributed by atoms with van der Waals surface area (Å²) in [5.41, 5.74) is 2.80. The largest absolute Gasteiger partial charge is 0.385 e. The highest BCUT2D eigenvalue weighted by atomic mass is 16.6. The fraction of sp³-hybridized carbons (Fsp3) is 0.286. The molecule has 0 radical (unpaired) electrons. The van der Waals surface area contributed by atoms with Crippen LogP contribution >= 0.6 is 0 Å². The molecule has 9 nitrogen and oxygen atoms in total. The number of nitro groups is 1. The highest BCUT2D eigenvalue weighted by Crippen LogP contribution is 2.21. The number of amides is 1. The van der Waals surface area contributed by atoms with Crippen molar-refractivity contribution in [1.82, 2.24) is 19.7 Å². The Morgan fingerprint density at radius 3 is 2.50 bits per heavy atom. The van der Waals surface area contributed by atoms with Gasteiger partial charge in [0.1, 0.15) is 12.7 Å². The maximum absolute atomic E-state index is 12.5.